The van der Waals surface area contributed by atoms with Crippen molar-refractivity contribution in [2.75, 3.05) is 18.5 Å². The van der Waals surface area contributed by atoms with Gasteiger partial charge in [-0.3, -0.25) is 0 Å². The molecule has 0 aliphatic carbocycles. The van der Waals surface area contributed by atoms with E-state index in [-0.39, 0.29) is 5.82 Å². The SMILES string of the molecule is Fc1cccc(Cl)c1NCc1ccc2c(c1)OCCO2. The Morgan fingerprint density at radius 3 is 2.70 bits per heavy atom. The summed E-state index contributed by atoms with van der Waals surface area (Å²) >= 11 is 5.96. The molecule has 1 N–H and O–H groups in total. The fourth-order valence-corrected chi connectivity index (χ4v) is 2.28. The number of benzene rings is 2. The van der Waals surface area contributed by atoms with Gasteiger partial charge in [-0.25, -0.2) is 4.39 Å². The smallest absolute Gasteiger partial charge is 0.161 e. The van der Waals surface area contributed by atoms with E-state index in [0.717, 1.165) is 17.1 Å². The predicted molar refractivity (Wildman–Crippen MR) is 76.2 cm³/mol. The van der Waals surface area contributed by atoms with Crippen LogP contribution in [0.2, 0.25) is 5.02 Å². The second kappa shape index (κ2) is 5.59. The summed E-state index contributed by atoms with van der Waals surface area (Å²) < 4.78 is 24.6. The van der Waals surface area contributed by atoms with Crippen molar-refractivity contribution in [2.24, 2.45) is 0 Å². The van der Waals surface area contributed by atoms with E-state index in [9.17, 15) is 4.39 Å². The second-order valence-corrected chi connectivity index (χ2v) is 4.84. The van der Waals surface area contributed by atoms with Gasteiger partial charge in [-0.15, -0.1) is 0 Å². The van der Waals surface area contributed by atoms with E-state index in [0.29, 0.717) is 30.5 Å². The van der Waals surface area contributed by atoms with E-state index >= 15 is 0 Å². The summed E-state index contributed by atoms with van der Waals surface area (Å²) in [5.74, 6) is 1.09. The molecule has 3 nitrogen and oxygen atoms in total. The Morgan fingerprint density at radius 2 is 1.90 bits per heavy atom. The summed E-state index contributed by atoms with van der Waals surface area (Å²) in [4.78, 5) is 0. The molecule has 0 amide bonds. The van der Waals surface area contributed by atoms with Crippen molar-refractivity contribution in [1.29, 1.82) is 0 Å². The van der Waals surface area contributed by atoms with Gasteiger partial charge in [0.2, 0.25) is 0 Å². The van der Waals surface area contributed by atoms with Crippen LogP contribution < -0.4 is 14.8 Å². The second-order valence-electron chi connectivity index (χ2n) is 4.43. The van der Waals surface area contributed by atoms with E-state index in [4.69, 9.17) is 21.1 Å². The lowest BCUT2D eigenvalue weighted by Crippen LogP contribution is -2.15. The first kappa shape index (κ1) is 13.1. The third kappa shape index (κ3) is 2.65. The number of para-hydroxylation sites is 1. The minimum atomic E-state index is -0.366. The van der Waals surface area contributed by atoms with Gasteiger partial charge in [-0.1, -0.05) is 23.7 Å². The van der Waals surface area contributed by atoms with Gasteiger partial charge in [0.05, 0.1) is 10.7 Å². The molecule has 5 heteroatoms. The maximum Gasteiger partial charge on any atom is 0.161 e. The van der Waals surface area contributed by atoms with E-state index in [2.05, 4.69) is 5.32 Å². The maximum atomic E-state index is 13.6. The summed E-state index contributed by atoms with van der Waals surface area (Å²) in [5.41, 5.74) is 1.28. The van der Waals surface area contributed by atoms with Crippen LogP contribution in [-0.4, -0.2) is 13.2 Å². The zero-order chi connectivity index (χ0) is 13.9. The zero-order valence-electron chi connectivity index (χ0n) is 10.7. The number of anilines is 1. The van der Waals surface area contributed by atoms with Gasteiger partial charge in [-0.05, 0) is 29.8 Å². The molecule has 0 fully saturated rings. The van der Waals surface area contributed by atoms with Gasteiger partial charge in [-0.2, -0.15) is 0 Å². The first-order valence-corrected chi connectivity index (χ1v) is 6.68. The molecule has 0 saturated heterocycles. The van der Waals surface area contributed by atoms with Crippen LogP contribution in [0.4, 0.5) is 10.1 Å². The number of ether oxygens (including phenoxy) is 2. The molecule has 0 aromatic heterocycles. The van der Waals surface area contributed by atoms with Gasteiger partial charge in [0.1, 0.15) is 19.0 Å². The van der Waals surface area contributed by atoms with Gasteiger partial charge in [0.15, 0.2) is 11.5 Å². The van der Waals surface area contributed by atoms with Gasteiger partial charge in [0, 0.05) is 6.54 Å². The monoisotopic (exact) mass is 293 g/mol. The summed E-state index contributed by atoms with van der Waals surface area (Å²) in [6, 6.07) is 10.3. The minimum absolute atomic E-state index is 0.309. The lowest BCUT2D eigenvalue weighted by molar-refractivity contribution is 0.171. The molecule has 0 spiro atoms. The van der Waals surface area contributed by atoms with E-state index in [1.807, 2.05) is 18.2 Å². The van der Waals surface area contributed by atoms with Crippen LogP contribution in [0.3, 0.4) is 0 Å². The van der Waals surface area contributed by atoms with Crippen molar-refractivity contribution < 1.29 is 13.9 Å². The third-order valence-corrected chi connectivity index (χ3v) is 3.35. The number of halogens is 2. The Kier molecular flexibility index (Phi) is 3.65. The Balaban J connectivity index is 1.75. The molecule has 2 aromatic carbocycles. The third-order valence-electron chi connectivity index (χ3n) is 3.04. The average Bonchev–Trinajstić information content (AvgIpc) is 2.46. The first-order valence-electron chi connectivity index (χ1n) is 6.30. The van der Waals surface area contributed by atoms with Crippen molar-refractivity contribution in [1.82, 2.24) is 0 Å². The highest BCUT2D eigenvalue weighted by Gasteiger charge is 2.12. The number of hydrogen-bond acceptors (Lipinski definition) is 3. The van der Waals surface area contributed by atoms with Crippen LogP contribution in [0.25, 0.3) is 0 Å². The Bertz CT molecular complexity index is 613. The molecule has 0 atom stereocenters. The molecule has 3 rings (SSSR count). The maximum absolute atomic E-state index is 13.6. The summed E-state index contributed by atoms with van der Waals surface area (Å²) in [6.07, 6.45) is 0. The van der Waals surface area contributed by atoms with Crippen LogP contribution in [0, 0.1) is 5.82 Å². The van der Waals surface area contributed by atoms with E-state index < -0.39 is 0 Å². The molecule has 1 aliphatic rings. The lowest BCUT2D eigenvalue weighted by Gasteiger charge is -2.19. The molecule has 0 radical (unpaired) electrons. The van der Waals surface area contributed by atoms with Gasteiger partial charge >= 0.3 is 0 Å². The van der Waals surface area contributed by atoms with Crippen molar-refractivity contribution in [2.45, 2.75) is 6.54 Å². The normalized spacial score (nSPS) is 13.1. The molecule has 1 aliphatic heterocycles. The van der Waals surface area contributed by atoms with E-state index in [1.165, 1.54) is 6.07 Å². The highest BCUT2D eigenvalue weighted by molar-refractivity contribution is 6.33. The number of nitrogens with one attached hydrogen (secondary N) is 1. The number of hydrogen-bond donors (Lipinski definition) is 1. The largest absolute Gasteiger partial charge is 0.486 e. The number of fused-ring (bicyclic) bond motifs is 1. The Labute approximate surface area is 121 Å². The molecule has 2 aromatic rings. The summed E-state index contributed by atoms with van der Waals surface area (Å²) in [6.45, 7) is 1.57. The lowest BCUT2D eigenvalue weighted by atomic mass is 10.2. The van der Waals surface area contributed by atoms with Crippen LogP contribution in [0.1, 0.15) is 5.56 Å². The molecule has 0 unspecified atom stereocenters. The molecular weight excluding hydrogens is 281 g/mol. The van der Waals surface area contributed by atoms with Crippen LogP contribution in [0.15, 0.2) is 36.4 Å². The Morgan fingerprint density at radius 1 is 1.10 bits per heavy atom. The predicted octanol–water partition coefficient (Wildman–Crippen LogP) is 3.86. The molecular formula is C15H13ClFNO2. The van der Waals surface area contributed by atoms with Crippen LogP contribution >= 0.6 is 11.6 Å². The van der Waals surface area contributed by atoms with Gasteiger partial charge < -0.3 is 14.8 Å². The van der Waals surface area contributed by atoms with Crippen molar-refractivity contribution in [3.8, 4) is 11.5 Å². The highest BCUT2D eigenvalue weighted by Crippen LogP contribution is 2.31. The molecule has 1 heterocycles. The molecule has 0 saturated carbocycles. The topological polar surface area (TPSA) is 30.5 Å². The fraction of sp³-hybridized carbons (Fsp3) is 0.200. The number of rotatable bonds is 3. The van der Waals surface area contributed by atoms with Gasteiger partial charge in [0.25, 0.3) is 0 Å². The molecule has 20 heavy (non-hydrogen) atoms. The Hall–Kier alpha value is -1.94. The average molecular weight is 294 g/mol. The summed E-state index contributed by atoms with van der Waals surface area (Å²) in [5, 5.41) is 3.36. The zero-order valence-corrected chi connectivity index (χ0v) is 11.4. The summed E-state index contributed by atoms with van der Waals surface area (Å²) in [7, 11) is 0. The van der Waals surface area contributed by atoms with Crippen molar-refractivity contribution >= 4 is 17.3 Å². The van der Waals surface area contributed by atoms with E-state index in [1.54, 1.807) is 12.1 Å². The highest BCUT2D eigenvalue weighted by atomic mass is 35.5. The van der Waals surface area contributed by atoms with Crippen molar-refractivity contribution in [3.05, 3.63) is 52.8 Å². The molecule has 0 bridgehead atoms. The quantitative estimate of drug-likeness (QED) is 0.932. The minimum Gasteiger partial charge on any atom is -0.486 e. The fourth-order valence-electron chi connectivity index (χ4n) is 2.05. The standard InChI is InChI=1S/C15H13ClFNO2/c16-11-2-1-3-12(17)15(11)18-9-10-4-5-13-14(8-10)20-7-6-19-13/h1-5,8,18H,6-7,9H2. The molecule has 104 valence electrons. The van der Waals surface area contributed by atoms with Crippen molar-refractivity contribution in [3.63, 3.8) is 0 Å². The van der Waals surface area contributed by atoms with Crippen LogP contribution in [0.5, 0.6) is 11.5 Å². The first-order chi connectivity index (χ1) is 9.74. The van der Waals surface area contributed by atoms with Crippen LogP contribution in [-0.2, 0) is 6.54 Å².